The number of nitrogens with one attached hydrogen (secondary N) is 1. The summed E-state index contributed by atoms with van der Waals surface area (Å²) in [5.74, 6) is 0.0180. The van der Waals surface area contributed by atoms with Crippen molar-refractivity contribution in [3.8, 4) is 5.75 Å². The van der Waals surface area contributed by atoms with Crippen molar-refractivity contribution in [1.29, 1.82) is 0 Å². The highest BCUT2D eigenvalue weighted by atomic mass is 35.5. The molecule has 0 radical (unpaired) electrons. The first kappa shape index (κ1) is 14.9. The van der Waals surface area contributed by atoms with Gasteiger partial charge in [-0.25, -0.2) is 0 Å². The van der Waals surface area contributed by atoms with Crippen molar-refractivity contribution >= 4 is 23.2 Å². The van der Waals surface area contributed by atoms with Crippen molar-refractivity contribution < 1.29 is 9.90 Å². The second-order valence-electron chi connectivity index (χ2n) is 5.96. The molecule has 0 heterocycles. The molecule has 1 unspecified atom stereocenters. The van der Waals surface area contributed by atoms with Crippen molar-refractivity contribution in [2.24, 2.45) is 0 Å². The lowest BCUT2D eigenvalue weighted by molar-refractivity contribution is -0.121. The molecule has 114 valence electrons. The first-order valence-electron chi connectivity index (χ1n) is 7.39. The molecule has 0 aliphatic heterocycles. The molecule has 3 rings (SSSR count). The minimum absolute atomic E-state index is 0.0627. The van der Waals surface area contributed by atoms with E-state index in [2.05, 4.69) is 11.4 Å². The smallest absolute Gasteiger partial charge is 0.234 e. The second kappa shape index (κ2) is 5.65. The van der Waals surface area contributed by atoms with E-state index in [1.807, 2.05) is 25.1 Å². The quantitative estimate of drug-likeness (QED) is 0.813. The number of phenolic OH excluding ortho intramolecular Hbond substituents is 1. The molecule has 0 fully saturated rings. The summed E-state index contributed by atoms with van der Waals surface area (Å²) in [6.45, 7) is 1.98. The minimum Gasteiger partial charge on any atom is -0.508 e. The van der Waals surface area contributed by atoms with Crippen LogP contribution in [-0.2, 0) is 16.6 Å². The SMILES string of the molecule is CC1(C(=O)Nc2ccc(O)cc2Cl)CCCc2ccccc21. The maximum atomic E-state index is 12.9. The van der Waals surface area contributed by atoms with Crippen molar-refractivity contribution in [1.82, 2.24) is 0 Å². The monoisotopic (exact) mass is 315 g/mol. The Balaban J connectivity index is 1.92. The van der Waals surface area contributed by atoms with Gasteiger partial charge >= 0.3 is 0 Å². The highest BCUT2D eigenvalue weighted by Gasteiger charge is 2.38. The van der Waals surface area contributed by atoms with Crippen LogP contribution >= 0.6 is 11.6 Å². The average Bonchev–Trinajstić information content (AvgIpc) is 2.50. The number of fused-ring (bicyclic) bond motifs is 1. The van der Waals surface area contributed by atoms with E-state index >= 15 is 0 Å². The summed E-state index contributed by atoms with van der Waals surface area (Å²) in [7, 11) is 0. The molecule has 0 bridgehead atoms. The van der Waals surface area contributed by atoms with Gasteiger partial charge in [0.1, 0.15) is 5.75 Å². The fourth-order valence-corrected chi connectivity index (χ4v) is 3.37. The molecule has 0 saturated carbocycles. The summed E-state index contributed by atoms with van der Waals surface area (Å²) < 4.78 is 0. The van der Waals surface area contributed by atoms with Crippen LogP contribution in [0.3, 0.4) is 0 Å². The Hall–Kier alpha value is -2.00. The third kappa shape index (κ3) is 2.57. The number of aromatic hydroxyl groups is 1. The Morgan fingerprint density at radius 1 is 1.27 bits per heavy atom. The largest absolute Gasteiger partial charge is 0.508 e. The zero-order valence-electron chi connectivity index (χ0n) is 12.4. The lowest BCUT2D eigenvalue weighted by Crippen LogP contribution is -2.40. The van der Waals surface area contributed by atoms with Crippen LogP contribution in [0.5, 0.6) is 5.75 Å². The Morgan fingerprint density at radius 3 is 2.82 bits per heavy atom. The number of hydrogen-bond acceptors (Lipinski definition) is 2. The normalized spacial score (nSPS) is 20.3. The van der Waals surface area contributed by atoms with Crippen LogP contribution in [0.2, 0.25) is 5.02 Å². The van der Waals surface area contributed by atoms with E-state index in [1.54, 1.807) is 6.07 Å². The van der Waals surface area contributed by atoms with Crippen LogP contribution in [0.4, 0.5) is 5.69 Å². The summed E-state index contributed by atoms with van der Waals surface area (Å²) in [5.41, 5.74) is 2.29. The van der Waals surface area contributed by atoms with E-state index in [1.165, 1.54) is 17.7 Å². The predicted molar refractivity (Wildman–Crippen MR) is 88.5 cm³/mol. The number of anilines is 1. The molecule has 0 aromatic heterocycles. The molecule has 1 atom stereocenters. The second-order valence-corrected chi connectivity index (χ2v) is 6.37. The number of rotatable bonds is 2. The van der Waals surface area contributed by atoms with Gasteiger partial charge in [-0.15, -0.1) is 0 Å². The molecule has 0 spiro atoms. The molecule has 1 aliphatic carbocycles. The number of halogens is 1. The molecule has 4 heteroatoms. The summed E-state index contributed by atoms with van der Waals surface area (Å²) in [6.07, 6.45) is 2.81. The molecule has 2 aromatic carbocycles. The zero-order chi connectivity index (χ0) is 15.7. The first-order valence-corrected chi connectivity index (χ1v) is 7.77. The van der Waals surface area contributed by atoms with E-state index in [0.29, 0.717) is 10.7 Å². The van der Waals surface area contributed by atoms with Crippen molar-refractivity contribution in [2.75, 3.05) is 5.32 Å². The molecular weight excluding hydrogens is 298 g/mol. The fraction of sp³-hybridized carbons (Fsp3) is 0.278. The van der Waals surface area contributed by atoms with Gasteiger partial charge in [0.25, 0.3) is 0 Å². The van der Waals surface area contributed by atoms with E-state index in [9.17, 15) is 9.90 Å². The number of benzene rings is 2. The summed E-state index contributed by atoms with van der Waals surface area (Å²) >= 11 is 6.08. The van der Waals surface area contributed by atoms with Crippen LogP contribution in [0.25, 0.3) is 0 Å². The van der Waals surface area contributed by atoms with Crippen molar-refractivity contribution in [3.05, 3.63) is 58.6 Å². The molecule has 22 heavy (non-hydrogen) atoms. The maximum Gasteiger partial charge on any atom is 0.234 e. The van der Waals surface area contributed by atoms with Gasteiger partial charge in [0, 0.05) is 6.07 Å². The van der Waals surface area contributed by atoms with E-state index < -0.39 is 5.41 Å². The number of amides is 1. The number of phenols is 1. The molecule has 1 amide bonds. The van der Waals surface area contributed by atoms with Gasteiger partial charge in [-0.3, -0.25) is 4.79 Å². The molecule has 3 nitrogen and oxygen atoms in total. The van der Waals surface area contributed by atoms with Crippen LogP contribution in [-0.4, -0.2) is 11.0 Å². The van der Waals surface area contributed by atoms with Crippen molar-refractivity contribution in [2.45, 2.75) is 31.6 Å². The molecule has 2 aromatic rings. The number of carbonyl (C=O) groups is 1. The Morgan fingerprint density at radius 2 is 2.05 bits per heavy atom. The van der Waals surface area contributed by atoms with E-state index in [4.69, 9.17) is 11.6 Å². The zero-order valence-corrected chi connectivity index (χ0v) is 13.2. The van der Waals surface area contributed by atoms with Gasteiger partial charge in [-0.2, -0.15) is 0 Å². The Labute approximate surface area is 134 Å². The highest BCUT2D eigenvalue weighted by molar-refractivity contribution is 6.34. The van der Waals surface area contributed by atoms with E-state index in [0.717, 1.165) is 24.8 Å². The third-order valence-electron chi connectivity index (χ3n) is 4.44. The topological polar surface area (TPSA) is 49.3 Å². The van der Waals surface area contributed by atoms with Crippen LogP contribution in [0.15, 0.2) is 42.5 Å². The lowest BCUT2D eigenvalue weighted by atomic mass is 9.70. The minimum atomic E-state index is -0.559. The summed E-state index contributed by atoms with van der Waals surface area (Å²) in [5, 5.41) is 12.6. The summed E-state index contributed by atoms with van der Waals surface area (Å²) in [6, 6.07) is 12.7. The molecule has 0 saturated heterocycles. The Bertz CT molecular complexity index is 729. The molecular formula is C18H18ClNO2. The van der Waals surface area contributed by atoms with Gasteiger partial charge in [0.05, 0.1) is 16.1 Å². The van der Waals surface area contributed by atoms with Gasteiger partial charge in [-0.1, -0.05) is 35.9 Å². The number of aryl methyl sites for hydroxylation is 1. The molecule has 2 N–H and O–H groups in total. The van der Waals surface area contributed by atoms with Crippen LogP contribution in [0, 0.1) is 0 Å². The molecule has 1 aliphatic rings. The number of carbonyl (C=O) groups excluding carboxylic acids is 1. The van der Waals surface area contributed by atoms with Gasteiger partial charge in [0.2, 0.25) is 5.91 Å². The average molecular weight is 316 g/mol. The first-order chi connectivity index (χ1) is 10.5. The number of hydrogen-bond donors (Lipinski definition) is 2. The lowest BCUT2D eigenvalue weighted by Gasteiger charge is -2.34. The van der Waals surface area contributed by atoms with Crippen molar-refractivity contribution in [3.63, 3.8) is 0 Å². The maximum absolute atomic E-state index is 12.9. The van der Waals surface area contributed by atoms with E-state index in [-0.39, 0.29) is 11.7 Å². The Kier molecular flexibility index (Phi) is 3.83. The standard InChI is InChI=1S/C18H18ClNO2/c1-18(10-4-6-12-5-2-3-7-14(12)18)17(22)20-16-9-8-13(21)11-15(16)19/h2-3,5,7-9,11,21H,4,6,10H2,1H3,(H,20,22). The van der Waals surface area contributed by atoms with Gasteiger partial charge in [0.15, 0.2) is 0 Å². The predicted octanol–water partition coefficient (Wildman–Crippen LogP) is 4.28. The van der Waals surface area contributed by atoms with Crippen LogP contribution < -0.4 is 5.32 Å². The van der Waals surface area contributed by atoms with Crippen LogP contribution in [0.1, 0.15) is 30.9 Å². The van der Waals surface area contributed by atoms with Gasteiger partial charge in [-0.05, 0) is 49.4 Å². The third-order valence-corrected chi connectivity index (χ3v) is 4.75. The highest BCUT2D eigenvalue weighted by Crippen LogP contribution is 2.38. The van der Waals surface area contributed by atoms with Gasteiger partial charge < -0.3 is 10.4 Å². The fourth-order valence-electron chi connectivity index (χ4n) is 3.15. The summed E-state index contributed by atoms with van der Waals surface area (Å²) in [4.78, 5) is 12.9.